The van der Waals surface area contributed by atoms with Crippen LogP contribution in [-0.2, 0) is 33.5 Å². The number of nitrogens with one attached hydrogen (secondary N) is 1. The van der Waals surface area contributed by atoms with Gasteiger partial charge in [-0.3, -0.25) is 34.9 Å². The van der Waals surface area contributed by atoms with E-state index in [0.717, 1.165) is 61.5 Å². The fourth-order valence-electron chi connectivity index (χ4n) is 8.35. The lowest BCUT2D eigenvalue weighted by atomic mass is 10.0. The van der Waals surface area contributed by atoms with Gasteiger partial charge in [0.2, 0.25) is 0 Å². The van der Waals surface area contributed by atoms with E-state index in [1.807, 2.05) is 107 Å². The van der Waals surface area contributed by atoms with Gasteiger partial charge in [0.1, 0.15) is 11.6 Å². The van der Waals surface area contributed by atoms with Crippen molar-refractivity contribution in [2.45, 2.75) is 53.9 Å². The summed E-state index contributed by atoms with van der Waals surface area (Å²) in [6.07, 6.45) is 21.5. The number of amidine groups is 1. The second-order valence-electron chi connectivity index (χ2n) is 21.2. The number of rotatable bonds is 16. The number of pyridine rings is 4. The van der Waals surface area contributed by atoms with Crippen molar-refractivity contribution in [2.24, 2.45) is 5.73 Å². The molecular formula is C74H76N12O10. The van der Waals surface area contributed by atoms with E-state index in [2.05, 4.69) is 49.3 Å². The van der Waals surface area contributed by atoms with Crippen molar-refractivity contribution in [3.05, 3.63) is 292 Å². The number of aromatic carboxylic acids is 1. The zero-order valence-corrected chi connectivity index (χ0v) is 55.1. The number of Topliss-reactive ketones (excluding diaryl/α,β-unsaturated/α-hetero) is 1. The highest BCUT2D eigenvalue weighted by Gasteiger charge is 2.14. The minimum Gasteiger partial charge on any atom is -0.478 e. The molecule has 96 heavy (non-hydrogen) atoms. The third-order valence-electron chi connectivity index (χ3n) is 13.8. The third kappa shape index (κ3) is 24.7. The highest BCUT2D eigenvalue weighted by molar-refractivity contribution is 6.04. The molecule has 10 aromatic rings. The second kappa shape index (κ2) is 38.5. The van der Waals surface area contributed by atoms with Crippen molar-refractivity contribution in [1.82, 2.24) is 44.8 Å². The number of ketones is 2. The number of carbonyl (C=O) groups is 6. The number of allylic oxidation sites excluding steroid dienone is 1. The van der Waals surface area contributed by atoms with Gasteiger partial charge < -0.3 is 35.7 Å². The average Bonchev–Trinajstić information content (AvgIpc) is 0.888. The quantitative estimate of drug-likeness (QED) is 0.0133. The molecule has 4 aromatic carbocycles. The van der Waals surface area contributed by atoms with Gasteiger partial charge in [-0.05, 0) is 183 Å². The molecule has 6 aromatic heterocycles. The van der Waals surface area contributed by atoms with Gasteiger partial charge in [-0.25, -0.2) is 39.1 Å². The van der Waals surface area contributed by atoms with E-state index >= 15 is 0 Å². The molecule has 492 valence electrons. The van der Waals surface area contributed by atoms with Crippen LogP contribution in [0.5, 0.6) is 0 Å². The number of nitrogen functional groups attached to an aromatic ring is 1. The molecule has 0 bridgehead atoms. The Bertz CT molecular complexity index is 4270. The number of nitrogens with two attached hydrogens (primary N) is 2. The fraction of sp³-hybridized carbons (Fsp3) is 0.176. The summed E-state index contributed by atoms with van der Waals surface area (Å²) in [6.45, 7) is 9.28. The molecular weight excluding hydrogens is 1220 g/mol. The zero-order valence-electron chi connectivity index (χ0n) is 55.1. The first-order chi connectivity index (χ1) is 46.0. The van der Waals surface area contributed by atoms with E-state index in [1.54, 1.807) is 141 Å². The molecule has 0 atom stereocenters. The van der Waals surface area contributed by atoms with Crippen LogP contribution < -0.4 is 11.5 Å². The Hall–Kier alpha value is -12.3. The number of aryl methyl sites for hydroxylation is 4. The lowest BCUT2D eigenvalue weighted by Crippen LogP contribution is -2.14. The van der Waals surface area contributed by atoms with Gasteiger partial charge in [0.25, 0.3) is 0 Å². The Morgan fingerprint density at radius 2 is 0.896 bits per heavy atom. The largest absolute Gasteiger partial charge is 0.478 e. The van der Waals surface area contributed by atoms with E-state index in [-0.39, 0.29) is 40.9 Å². The summed E-state index contributed by atoms with van der Waals surface area (Å²) in [7, 11) is 7.80. The van der Waals surface area contributed by atoms with Crippen molar-refractivity contribution in [1.29, 1.82) is 5.41 Å². The number of carboxylic acids is 1. The number of benzene rings is 4. The Morgan fingerprint density at radius 1 is 0.500 bits per heavy atom. The van der Waals surface area contributed by atoms with E-state index in [9.17, 15) is 28.8 Å². The molecule has 22 nitrogen and oxygen atoms in total. The Morgan fingerprint density at radius 3 is 1.27 bits per heavy atom. The van der Waals surface area contributed by atoms with Crippen molar-refractivity contribution in [3.63, 3.8) is 0 Å². The maximum Gasteiger partial charge on any atom is 0.337 e. The number of carboxylic acid groups (broad SMARTS) is 1. The molecule has 22 heteroatoms. The maximum absolute atomic E-state index is 11.7. The Kier molecular flexibility index (Phi) is 29.8. The van der Waals surface area contributed by atoms with Crippen LogP contribution >= 0.6 is 0 Å². The fourth-order valence-corrected chi connectivity index (χ4v) is 8.35. The van der Waals surface area contributed by atoms with Gasteiger partial charge in [-0.2, -0.15) is 0 Å². The van der Waals surface area contributed by atoms with Gasteiger partial charge in [0, 0.05) is 136 Å². The van der Waals surface area contributed by atoms with E-state index < -0.39 is 5.97 Å². The molecule has 0 fully saturated rings. The molecule has 6 N–H and O–H groups in total. The highest BCUT2D eigenvalue weighted by Crippen LogP contribution is 2.21. The minimum atomic E-state index is -0.934. The Balaban J connectivity index is 0.000000215. The number of aromatic nitrogens is 8. The summed E-state index contributed by atoms with van der Waals surface area (Å²) in [4.78, 5) is 103. The summed E-state index contributed by atoms with van der Waals surface area (Å²) < 4.78 is 13.9. The summed E-state index contributed by atoms with van der Waals surface area (Å²) >= 11 is 0. The number of hydrogen-bond acceptors (Lipinski definition) is 20. The molecule has 0 aliphatic carbocycles. The maximum atomic E-state index is 11.7. The lowest BCUT2D eigenvalue weighted by Gasteiger charge is -2.08. The number of anilines is 1. The SMILES string of the molecule is CC(=O)c1cccnc1.CN(C)/C=C/C(=O)c1cccnc1.COC(=O)c1ccc(C)c(CC(=N)N)c1.COC(=O)c1ccc(C)c(Cc2nccc(-c3cccnc3)n2)c1.COC(=O)c1ccc(C)c(N)c1.Cc1ccc(C(=O)O)cc1Cc1nccc(-c2cccnc2)n1. The van der Waals surface area contributed by atoms with Crippen LogP contribution in [0.3, 0.4) is 0 Å². The average molecular weight is 1290 g/mol. The first-order valence-electron chi connectivity index (χ1n) is 29.6. The van der Waals surface area contributed by atoms with Crippen molar-refractivity contribution in [3.8, 4) is 22.5 Å². The first-order valence-corrected chi connectivity index (χ1v) is 29.6. The number of nitrogens with zero attached hydrogens (tertiary/aromatic N) is 9. The van der Waals surface area contributed by atoms with Crippen molar-refractivity contribution >= 4 is 47.0 Å². The normalized spacial score (nSPS) is 10.1. The lowest BCUT2D eigenvalue weighted by molar-refractivity contribution is 0.0591. The van der Waals surface area contributed by atoms with Gasteiger partial charge in [-0.1, -0.05) is 24.3 Å². The van der Waals surface area contributed by atoms with Crippen molar-refractivity contribution in [2.75, 3.05) is 41.2 Å². The number of hydrogen-bond donors (Lipinski definition) is 4. The molecule has 6 heterocycles. The number of ether oxygens (including phenoxy) is 3. The summed E-state index contributed by atoms with van der Waals surface area (Å²) in [6, 6.07) is 39.2. The summed E-state index contributed by atoms with van der Waals surface area (Å²) in [5.41, 5.74) is 24.9. The predicted molar refractivity (Wildman–Crippen MR) is 367 cm³/mol. The Labute approximate surface area is 557 Å². The van der Waals surface area contributed by atoms with Crippen LogP contribution in [0, 0.1) is 33.1 Å². The molecule has 0 saturated heterocycles. The molecule has 0 spiro atoms. The summed E-state index contributed by atoms with van der Waals surface area (Å²) in [5, 5.41) is 16.3. The van der Waals surface area contributed by atoms with Gasteiger partial charge in [-0.15, -0.1) is 0 Å². The van der Waals surface area contributed by atoms with Crippen LogP contribution in [0.25, 0.3) is 22.5 Å². The van der Waals surface area contributed by atoms with Crippen LogP contribution in [0.15, 0.2) is 208 Å². The van der Waals surface area contributed by atoms with Crippen LogP contribution in [0.1, 0.15) is 120 Å². The van der Waals surface area contributed by atoms with Gasteiger partial charge in [0.15, 0.2) is 11.6 Å². The predicted octanol–water partition coefficient (Wildman–Crippen LogP) is 11.6. The van der Waals surface area contributed by atoms with Crippen LogP contribution in [0.4, 0.5) is 5.69 Å². The van der Waals surface area contributed by atoms with Crippen molar-refractivity contribution < 1.29 is 48.1 Å². The first kappa shape index (κ1) is 74.4. The standard InChI is InChI=1S/C19H17N3O2.C18H15N3O2.C11H14N2O2.C10H12N2O.C9H11NO2.C7H7NO/c1-13-5-6-14(19(23)24-2)10-16(13)11-18-21-9-7-17(22-18)15-4-3-8-20-12-15;1-12-4-5-13(18(22)23)9-15(12)10-17-20-8-6-16(21-17)14-3-2-7-19-11-14;1-7-3-4-8(11(14)15-2)5-9(7)6-10(12)13;1-12(2)7-5-10(13)9-4-3-6-11-8-9;1-6-3-4-7(5-8(6)10)9(11)12-2;1-6(9)7-3-2-4-8-5-7/h3-10,12H,11H2,1-2H3;2-9,11H,10H2,1H3,(H,22,23);3-5H,6H2,1-2H3,(H3,12,13);3-8H,1-2H3;3-5H,10H2,1-2H3;2-5H,1H3/b;;;7-5+;;. The number of esters is 3. The molecule has 0 aliphatic heterocycles. The molecule has 0 aliphatic rings. The summed E-state index contributed by atoms with van der Waals surface area (Å²) in [5.74, 6) is -0.553. The molecule has 0 saturated carbocycles. The van der Waals surface area contributed by atoms with E-state index in [1.165, 1.54) is 34.3 Å². The van der Waals surface area contributed by atoms with Gasteiger partial charge in [0.05, 0.1) is 60.8 Å². The topological polar surface area (TPSA) is 333 Å². The third-order valence-corrected chi connectivity index (χ3v) is 13.8. The zero-order chi connectivity index (χ0) is 70.1. The number of methoxy groups -OCH3 is 3. The van der Waals surface area contributed by atoms with Crippen LogP contribution in [-0.4, -0.2) is 127 Å². The highest BCUT2D eigenvalue weighted by atomic mass is 16.5. The molecule has 0 amide bonds. The molecule has 0 radical (unpaired) electrons. The van der Waals surface area contributed by atoms with Crippen LogP contribution in [0.2, 0.25) is 0 Å². The minimum absolute atomic E-state index is 0.0261. The van der Waals surface area contributed by atoms with Gasteiger partial charge >= 0.3 is 23.9 Å². The van der Waals surface area contributed by atoms with E-state index in [0.29, 0.717) is 64.4 Å². The van der Waals surface area contributed by atoms with E-state index in [4.69, 9.17) is 26.7 Å². The molecule has 0 unspecified atom stereocenters. The second-order valence-corrected chi connectivity index (χ2v) is 21.2. The number of carbonyl (C=O) groups excluding carboxylic acids is 5. The molecule has 10 rings (SSSR count). The smallest absolute Gasteiger partial charge is 0.337 e. The monoisotopic (exact) mass is 1290 g/mol.